The van der Waals surface area contributed by atoms with E-state index in [0.717, 1.165) is 5.56 Å². The van der Waals surface area contributed by atoms with Gasteiger partial charge in [0.05, 0.1) is 34.3 Å². The predicted octanol–water partition coefficient (Wildman–Crippen LogP) is 5.27. The van der Waals surface area contributed by atoms with Gasteiger partial charge in [-0.2, -0.15) is 0 Å². The lowest BCUT2D eigenvalue weighted by Gasteiger charge is -2.12. The quantitative estimate of drug-likeness (QED) is 0.406. The lowest BCUT2D eigenvalue weighted by Crippen LogP contribution is -2.06. The zero-order valence-electron chi connectivity index (χ0n) is 15.6. The van der Waals surface area contributed by atoms with Gasteiger partial charge in [-0.1, -0.05) is 22.0 Å². The molecule has 0 aliphatic heterocycles. The van der Waals surface area contributed by atoms with E-state index in [9.17, 15) is 9.18 Å². The summed E-state index contributed by atoms with van der Waals surface area (Å²) < 4.78 is 22.5. The first-order valence-corrected chi connectivity index (χ1v) is 9.61. The van der Waals surface area contributed by atoms with Gasteiger partial charge in [-0.3, -0.25) is 9.55 Å². The van der Waals surface area contributed by atoms with Crippen LogP contribution in [0.3, 0.4) is 0 Å². The number of carbonyl (C=O) groups is 1. The number of aromatic nitrogens is 3. The van der Waals surface area contributed by atoms with Gasteiger partial charge in [0.1, 0.15) is 17.2 Å². The molecule has 0 atom stereocenters. The molecule has 142 valence electrons. The van der Waals surface area contributed by atoms with E-state index in [2.05, 4.69) is 25.9 Å². The molecular formula is C21H17BrFN3O2. The third-order valence-electron chi connectivity index (χ3n) is 4.65. The van der Waals surface area contributed by atoms with Crippen LogP contribution >= 0.6 is 15.9 Å². The number of ether oxygens (including phenoxy) is 1. The number of nitrogens with zero attached hydrogens (tertiary/aromatic N) is 3. The normalized spacial score (nSPS) is 11.3. The molecule has 2 aromatic carbocycles. The van der Waals surface area contributed by atoms with Gasteiger partial charge >= 0.3 is 5.97 Å². The Morgan fingerprint density at radius 3 is 2.75 bits per heavy atom. The van der Waals surface area contributed by atoms with Gasteiger partial charge in [0, 0.05) is 10.7 Å². The molecular weight excluding hydrogens is 425 g/mol. The van der Waals surface area contributed by atoms with Gasteiger partial charge in [0.2, 0.25) is 0 Å². The second-order valence-corrected chi connectivity index (χ2v) is 7.37. The van der Waals surface area contributed by atoms with E-state index >= 15 is 0 Å². The highest BCUT2D eigenvalue weighted by Crippen LogP contribution is 2.32. The minimum absolute atomic E-state index is 0.270. The van der Waals surface area contributed by atoms with Crippen LogP contribution in [-0.2, 0) is 4.74 Å². The molecule has 0 amide bonds. The molecule has 5 nitrogen and oxygen atoms in total. The summed E-state index contributed by atoms with van der Waals surface area (Å²) in [6.07, 6.45) is 1.65. The van der Waals surface area contributed by atoms with E-state index in [0.29, 0.717) is 43.5 Å². The van der Waals surface area contributed by atoms with Crippen molar-refractivity contribution in [3.05, 3.63) is 63.8 Å². The lowest BCUT2D eigenvalue weighted by atomic mass is 10.1. The fourth-order valence-corrected chi connectivity index (χ4v) is 3.91. The molecule has 2 heterocycles. The SMILES string of the molecule is CCOC(=O)c1cc(Br)cc2c1nc(C)n2-c1ccnc2c(C)ccc(F)c12. The molecule has 4 rings (SSSR count). The first-order chi connectivity index (χ1) is 13.4. The Morgan fingerprint density at radius 1 is 1.21 bits per heavy atom. The van der Waals surface area contributed by atoms with Crippen LogP contribution in [0.1, 0.15) is 28.7 Å². The first-order valence-electron chi connectivity index (χ1n) is 8.82. The molecule has 0 saturated carbocycles. The zero-order chi connectivity index (χ0) is 20.0. The van der Waals surface area contributed by atoms with Crippen LogP contribution in [0.5, 0.6) is 0 Å². The Balaban J connectivity index is 2.09. The lowest BCUT2D eigenvalue weighted by molar-refractivity contribution is 0.0528. The van der Waals surface area contributed by atoms with Crippen LogP contribution in [0.25, 0.3) is 27.6 Å². The zero-order valence-corrected chi connectivity index (χ0v) is 17.2. The molecule has 0 bridgehead atoms. The number of pyridine rings is 1. The van der Waals surface area contributed by atoms with Crippen molar-refractivity contribution in [1.29, 1.82) is 0 Å². The molecule has 0 spiro atoms. The minimum Gasteiger partial charge on any atom is -0.462 e. The molecule has 4 aromatic rings. The Bertz CT molecular complexity index is 1250. The highest BCUT2D eigenvalue weighted by molar-refractivity contribution is 9.10. The van der Waals surface area contributed by atoms with E-state index < -0.39 is 5.97 Å². The Hall–Kier alpha value is -2.80. The first kappa shape index (κ1) is 18.6. The van der Waals surface area contributed by atoms with Crippen LogP contribution in [0.4, 0.5) is 4.39 Å². The van der Waals surface area contributed by atoms with Crippen molar-refractivity contribution in [3.63, 3.8) is 0 Å². The summed E-state index contributed by atoms with van der Waals surface area (Å²) in [7, 11) is 0. The Labute approximate surface area is 169 Å². The fourth-order valence-electron chi connectivity index (χ4n) is 3.46. The summed E-state index contributed by atoms with van der Waals surface area (Å²) in [6.45, 7) is 5.74. The highest BCUT2D eigenvalue weighted by atomic mass is 79.9. The van der Waals surface area contributed by atoms with Crippen LogP contribution in [0.15, 0.2) is 41.0 Å². The van der Waals surface area contributed by atoms with Gasteiger partial charge in [0.15, 0.2) is 0 Å². The summed E-state index contributed by atoms with van der Waals surface area (Å²) in [5.41, 5.74) is 3.66. The largest absolute Gasteiger partial charge is 0.462 e. The molecule has 0 aliphatic carbocycles. The van der Waals surface area contributed by atoms with Crippen molar-refractivity contribution in [2.45, 2.75) is 20.8 Å². The van der Waals surface area contributed by atoms with Crippen molar-refractivity contribution in [3.8, 4) is 5.69 Å². The third-order valence-corrected chi connectivity index (χ3v) is 5.11. The number of benzene rings is 2. The number of aryl methyl sites for hydroxylation is 2. The number of halogens is 2. The number of rotatable bonds is 3. The standard InChI is InChI=1S/C21H17BrFN3O2/c1-4-28-21(27)14-9-13(22)10-17-20(14)25-12(3)26(17)16-7-8-24-19-11(2)5-6-15(23)18(16)19/h5-10H,4H2,1-3H3. The van der Waals surface area contributed by atoms with Crippen LogP contribution < -0.4 is 0 Å². The number of hydrogen-bond acceptors (Lipinski definition) is 4. The topological polar surface area (TPSA) is 57.0 Å². The van der Waals surface area contributed by atoms with Crippen LogP contribution in [0.2, 0.25) is 0 Å². The Kier molecular flexibility index (Phi) is 4.63. The van der Waals surface area contributed by atoms with Crippen molar-refractivity contribution in [2.24, 2.45) is 0 Å². The maximum Gasteiger partial charge on any atom is 0.340 e. The van der Waals surface area contributed by atoms with E-state index in [-0.39, 0.29) is 12.4 Å². The average Bonchev–Trinajstić information content (AvgIpc) is 2.99. The van der Waals surface area contributed by atoms with Gasteiger partial charge in [-0.15, -0.1) is 0 Å². The molecule has 0 N–H and O–H groups in total. The van der Waals surface area contributed by atoms with Crippen LogP contribution in [-0.4, -0.2) is 27.1 Å². The maximum absolute atomic E-state index is 14.8. The second-order valence-electron chi connectivity index (χ2n) is 6.45. The van der Waals surface area contributed by atoms with Crippen molar-refractivity contribution in [1.82, 2.24) is 14.5 Å². The molecule has 7 heteroatoms. The summed E-state index contributed by atoms with van der Waals surface area (Å²) in [5, 5.41) is 0.419. The van der Waals surface area contributed by atoms with Crippen molar-refractivity contribution < 1.29 is 13.9 Å². The smallest absolute Gasteiger partial charge is 0.340 e. The molecule has 0 fully saturated rings. The van der Waals surface area contributed by atoms with E-state index in [1.165, 1.54) is 6.07 Å². The van der Waals surface area contributed by atoms with E-state index in [1.54, 1.807) is 31.3 Å². The molecule has 2 aromatic heterocycles. The Morgan fingerprint density at radius 2 is 2.00 bits per heavy atom. The molecule has 28 heavy (non-hydrogen) atoms. The minimum atomic E-state index is -0.444. The molecule has 0 unspecified atom stereocenters. The average molecular weight is 442 g/mol. The molecule has 0 aliphatic rings. The van der Waals surface area contributed by atoms with E-state index in [4.69, 9.17) is 4.74 Å². The van der Waals surface area contributed by atoms with Crippen LogP contribution in [0, 0.1) is 19.7 Å². The van der Waals surface area contributed by atoms with Gasteiger partial charge < -0.3 is 4.74 Å². The maximum atomic E-state index is 14.8. The number of hydrogen-bond donors (Lipinski definition) is 0. The summed E-state index contributed by atoms with van der Waals surface area (Å²) in [5.74, 6) is -0.169. The predicted molar refractivity (Wildman–Crippen MR) is 109 cm³/mol. The molecule has 0 saturated heterocycles. The van der Waals surface area contributed by atoms with Crippen molar-refractivity contribution >= 4 is 43.8 Å². The van der Waals surface area contributed by atoms with Gasteiger partial charge in [-0.25, -0.2) is 14.2 Å². The number of fused-ring (bicyclic) bond motifs is 2. The van der Waals surface area contributed by atoms with Gasteiger partial charge in [-0.05, 0) is 50.6 Å². The van der Waals surface area contributed by atoms with E-state index in [1.807, 2.05) is 24.5 Å². The number of imidazole rings is 1. The van der Waals surface area contributed by atoms with Crippen molar-refractivity contribution in [2.75, 3.05) is 6.61 Å². The highest BCUT2D eigenvalue weighted by Gasteiger charge is 2.21. The third kappa shape index (κ3) is 2.86. The number of carbonyl (C=O) groups excluding carboxylic acids is 1. The van der Waals surface area contributed by atoms with Gasteiger partial charge in [0.25, 0.3) is 0 Å². The summed E-state index contributed by atoms with van der Waals surface area (Å²) in [6, 6.07) is 8.45. The summed E-state index contributed by atoms with van der Waals surface area (Å²) in [4.78, 5) is 21.4. The molecule has 0 radical (unpaired) electrons. The number of esters is 1. The second kappa shape index (κ2) is 6.98. The summed E-state index contributed by atoms with van der Waals surface area (Å²) >= 11 is 3.46. The fraction of sp³-hybridized carbons (Fsp3) is 0.190. The monoisotopic (exact) mass is 441 g/mol.